The normalized spacial score (nSPS) is 11.6. The van der Waals surface area contributed by atoms with Crippen LogP contribution < -0.4 is 5.69 Å². The first-order valence-corrected chi connectivity index (χ1v) is 12.4. The molecule has 188 valence electrons. The number of hydrogen-bond acceptors (Lipinski definition) is 3. The van der Waals surface area contributed by atoms with Crippen LogP contribution in [0.1, 0.15) is 34.0 Å². The summed E-state index contributed by atoms with van der Waals surface area (Å²) in [5.41, 5.74) is 4.20. The number of imidazole rings is 1. The van der Waals surface area contributed by atoms with E-state index in [-0.39, 0.29) is 6.42 Å². The molecule has 1 atom stereocenters. The molecule has 0 aliphatic carbocycles. The third-order valence-electron chi connectivity index (χ3n) is 6.38. The Morgan fingerprint density at radius 1 is 0.711 bits per heavy atom. The molecule has 0 unspecified atom stereocenters. The highest BCUT2D eigenvalue weighted by molar-refractivity contribution is 6.12. The predicted molar refractivity (Wildman–Crippen MR) is 149 cm³/mol. The van der Waals surface area contributed by atoms with Crippen LogP contribution in [0, 0.1) is 0 Å². The largest absolute Gasteiger partial charge is 0.480 e. The average molecular weight is 502 g/mol. The van der Waals surface area contributed by atoms with E-state index >= 15 is 0 Å². The minimum absolute atomic E-state index is 0.176. The van der Waals surface area contributed by atoms with Gasteiger partial charge in [-0.25, -0.2) is 9.59 Å². The summed E-state index contributed by atoms with van der Waals surface area (Å²) in [6.07, 6.45) is 2.22. The summed E-state index contributed by atoms with van der Waals surface area (Å²) in [6.45, 7) is 0. The average Bonchev–Trinajstić information content (AvgIpc) is 3.26. The van der Waals surface area contributed by atoms with Crippen LogP contribution in [-0.4, -0.2) is 26.0 Å². The van der Waals surface area contributed by atoms with Crippen molar-refractivity contribution < 1.29 is 9.90 Å². The van der Waals surface area contributed by atoms with E-state index in [4.69, 9.17) is 5.10 Å². The molecule has 5 aromatic rings. The molecule has 0 fully saturated rings. The topological polar surface area (TPSA) is 76.6 Å². The van der Waals surface area contributed by atoms with Gasteiger partial charge in [0.05, 0.1) is 11.9 Å². The molecular weight excluding hydrogens is 474 g/mol. The molecule has 1 aromatic heterocycles. The van der Waals surface area contributed by atoms with Crippen molar-refractivity contribution in [3.8, 4) is 0 Å². The van der Waals surface area contributed by atoms with Crippen LogP contribution in [0.5, 0.6) is 0 Å². The number of nitrogens with zero attached hydrogens (tertiary/aromatic N) is 3. The minimum Gasteiger partial charge on any atom is -0.480 e. The third kappa shape index (κ3) is 5.55. The van der Waals surface area contributed by atoms with E-state index in [1.807, 2.05) is 121 Å². The first-order chi connectivity index (χ1) is 18.6. The highest BCUT2D eigenvalue weighted by atomic mass is 16.4. The molecule has 0 radical (unpaired) electrons. The molecule has 0 amide bonds. The lowest BCUT2D eigenvalue weighted by atomic mass is 10.0. The Labute approximate surface area is 220 Å². The van der Waals surface area contributed by atoms with Gasteiger partial charge in [0, 0.05) is 29.7 Å². The number of carboxylic acids is 1. The second-order valence-electron chi connectivity index (χ2n) is 9.00. The summed E-state index contributed by atoms with van der Waals surface area (Å²) in [4.78, 5) is 26.4. The number of benzene rings is 4. The molecule has 0 spiro atoms. The van der Waals surface area contributed by atoms with Crippen molar-refractivity contribution in [1.29, 1.82) is 0 Å². The van der Waals surface area contributed by atoms with Crippen LogP contribution in [0.4, 0.5) is 0 Å². The van der Waals surface area contributed by atoms with Gasteiger partial charge in [0.25, 0.3) is 0 Å². The van der Waals surface area contributed by atoms with Crippen molar-refractivity contribution in [2.75, 3.05) is 0 Å². The van der Waals surface area contributed by atoms with E-state index in [9.17, 15) is 14.7 Å². The van der Waals surface area contributed by atoms with Gasteiger partial charge in [0.1, 0.15) is 6.04 Å². The molecule has 1 heterocycles. The van der Waals surface area contributed by atoms with E-state index in [2.05, 4.69) is 0 Å². The molecule has 6 nitrogen and oxygen atoms in total. The predicted octanol–water partition coefficient (Wildman–Crippen LogP) is 5.41. The fourth-order valence-corrected chi connectivity index (χ4v) is 4.54. The van der Waals surface area contributed by atoms with Gasteiger partial charge in [0.15, 0.2) is 0 Å². The Morgan fingerprint density at radius 3 is 1.68 bits per heavy atom. The van der Waals surface area contributed by atoms with Gasteiger partial charge in [-0.05, 0) is 11.1 Å². The molecule has 0 saturated heterocycles. The van der Waals surface area contributed by atoms with Crippen LogP contribution in [0.25, 0.3) is 0 Å². The number of carboxylic acid groups (broad SMARTS) is 1. The maximum absolute atomic E-state index is 13.9. The van der Waals surface area contributed by atoms with Crippen LogP contribution >= 0.6 is 0 Å². The minimum atomic E-state index is -1.09. The van der Waals surface area contributed by atoms with Crippen molar-refractivity contribution in [3.63, 3.8) is 0 Å². The summed E-state index contributed by atoms with van der Waals surface area (Å²) in [5.74, 6) is -1.07. The number of aromatic nitrogens is 2. The van der Waals surface area contributed by atoms with E-state index < -0.39 is 17.7 Å². The van der Waals surface area contributed by atoms with Gasteiger partial charge in [-0.1, -0.05) is 121 Å². The fourth-order valence-electron chi connectivity index (χ4n) is 4.54. The zero-order valence-corrected chi connectivity index (χ0v) is 20.7. The van der Waals surface area contributed by atoms with Crippen LogP contribution in [0.3, 0.4) is 0 Å². The summed E-state index contributed by atoms with van der Waals surface area (Å²) >= 11 is 0. The van der Waals surface area contributed by atoms with Gasteiger partial charge in [0.2, 0.25) is 0 Å². The smallest absolute Gasteiger partial charge is 0.349 e. The van der Waals surface area contributed by atoms with E-state index in [0.717, 1.165) is 22.3 Å². The van der Waals surface area contributed by atoms with Crippen LogP contribution in [-0.2, 0) is 17.6 Å². The van der Waals surface area contributed by atoms with Gasteiger partial charge in [-0.15, -0.1) is 0 Å². The second kappa shape index (κ2) is 11.4. The molecular formula is C32H27N3O3. The number of aliphatic carboxylic acids is 1. The molecule has 0 saturated carbocycles. The van der Waals surface area contributed by atoms with Gasteiger partial charge < -0.3 is 5.11 Å². The van der Waals surface area contributed by atoms with Crippen molar-refractivity contribution in [3.05, 3.63) is 166 Å². The summed E-state index contributed by atoms with van der Waals surface area (Å²) in [6, 6.07) is 37.2. The van der Waals surface area contributed by atoms with Crippen molar-refractivity contribution in [2.45, 2.75) is 18.9 Å². The van der Waals surface area contributed by atoms with Crippen molar-refractivity contribution in [2.24, 2.45) is 5.10 Å². The number of carbonyl (C=O) groups is 1. The second-order valence-corrected chi connectivity index (χ2v) is 9.00. The summed E-state index contributed by atoms with van der Waals surface area (Å²) < 4.78 is 2.65. The van der Waals surface area contributed by atoms with Crippen molar-refractivity contribution >= 4 is 11.7 Å². The van der Waals surface area contributed by atoms with Gasteiger partial charge >= 0.3 is 11.7 Å². The lowest BCUT2D eigenvalue weighted by Crippen LogP contribution is -2.33. The van der Waals surface area contributed by atoms with Gasteiger partial charge in [-0.3, -0.25) is 4.57 Å². The molecule has 6 heteroatoms. The van der Waals surface area contributed by atoms with Gasteiger partial charge in [-0.2, -0.15) is 9.78 Å². The molecule has 1 N–H and O–H groups in total. The van der Waals surface area contributed by atoms with E-state index in [1.54, 1.807) is 6.20 Å². The number of rotatable bonds is 9. The lowest BCUT2D eigenvalue weighted by molar-refractivity contribution is -0.141. The SMILES string of the molecule is O=C(O)[C@@H](Cc1ccccc1)n1c(Cc2ccccc2)cn(N=C(c2ccccc2)c2ccccc2)c1=O. The van der Waals surface area contributed by atoms with Crippen LogP contribution in [0.2, 0.25) is 0 Å². The highest BCUT2D eigenvalue weighted by Crippen LogP contribution is 2.19. The molecule has 0 aliphatic rings. The Bertz CT molecular complexity index is 1550. The lowest BCUT2D eigenvalue weighted by Gasteiger charge is -2.16. The van der Waals surface area contributed by atoms with Crippen LogP contribution in [0.15, 0.2) is 137 Å². The van der Waals surface area contributed by atoms with Crippen molar-refractivity contribution in [1.82, 2.24) is 9.24 Å². The Morgan fingerprint density at radius 2 is 1.18 bits per heavy atom. The highest BCUT2D eigenvalue weighted by Gasteiger charge is 2.27. The monoisotopic (exact) mass is 501 g/mol. The maximum atomic E-state index is 13.9. The molecule has 5 rings (SSSR count). The summed E-state index contributed by atoms with van der Waals surface area (Å²) in [7, 11) is 0. The molecule has 0 aliphatic heterocycles. The quantitative estimate of drug-likeness (QED) is 0.275. The Hall–Kier alpha value is -4.97. The van der Waals surface area contributed by atoms with E-state index in [1.165, 1.54) is 9.24 Å². The molecule has 4 aromatic carbocycles. The zero-order chi connectivity index (χ0) is 26.3. The molecule has 38 heavy (non-hydrogen) atoms. The molecule has 0 bridgehead atoms. The Kier molecular flexibility index (Phi) is 7.41. The maximum Gasteiger partial charge on any atom is 0.349 e. The first kappa shape index (κ1) is 24.7. The fraction of sp³-hybridized carbons (Fsp3) is 0.0938. The number of hydrogen-bond donors (Lipinski definition) is 1. The first-order valence-electron chi connectivity index (χ1n) is 12.4. The standard InChI is InChI=1S/C32H27N3O3/c36-31(37)29(22-25-15-7-2-8-16-25)35-28(21-24-13-5-1-6-14-24)23-34(32(35)38)33-30(26-17-9-3-10-18-26)27-19-11-4-12-20-27/h1-20,23,29H,21-22H2,(H,36,37)/t29-/m1/s1. The third-order valence-corrected chi connectivity index (χ3v) is 6.38. The zero-order valence-electron chi connectivity index (χ0n) is 20.7. The Balaban J connectivity index is 1.67. The summed E-state index contributed by atoms with van der Waals surface area (Å²) in [5, 5.41) is 15.0. The van der Waals surface area contributed by atoms with E-state index in [0.29, 0.717) is 17.8 Å².